The Kier molecular flexibility index (Phi) is 3.01. The summed E-state index contributed by atoms with van der Waals surface area (Å²) in [5, 5.41) is 0. The summed E-state index contributed by atoms with van der Waals surface area (Å²) in [6, 6.07) is -0.176. The zero-order valence-corrected chi connectivity index (χ0v) is 12.1. The lowest BCUT2D eigenvalue weighted by atomic mass is 10.3. The second-order valence-electron chi connectivity index (χ2n) is 4.37. The summed E-state index contributed by atoms with van der Waals surface area (Å²) in [5.41, 5.74) is 1.32. The topological polar surface area (TPSA) is 81.8 Å². The summed E-state index contributed by atoms with van der Waals surface area (Å²) in [5.74, 6) is 1.79. The van der Waals surface area contributed by atoms with E-state index < -0.39 is 0 Å². The van der Waals surface area contributed by atoms with Crippen LogP contribution in [0.4, 0.5) is 0 Å². The van der Waals surface area contributed by atoms with E-state index in [-0.39, 0.29) is 6.04 Å². The third-order valence-corrected chi connectivity index (χ3v) is 3.35. The molecule has 0 aliphatic carbocycles. The van der Waals surface area contributed by atoms with Crippen molar-refractivity contribution < 1.29 is 9.15 Å². The second kappa shape index (κ2) is 4.71. The lowest BCUT2D eigenvalue weighted by Gasteiger charge is -2.10. The van der Waals surface area contributed by atoms with Crippen LogP contribution in [0.15, 0.2) is 16.9 Å². The van der Waals surface area contributed by atoms with Crippen molar-refractivity contribution >= 4 is 23.4 Å². The fraction of sp³-hybridized carbons (Fsp3) is 0.333. The molecule has 8 heteroatoms. The number of aryl methyl sites for hydroxylation is 1. The molecule has 1 unspecified atom stereocenters. The van der Waals surface area contributed by atoms with Crippen molar-refractivity contribution in [3.05, 3.63) is 28.9 Å². The highest BCUT2D eigenvalue weighted by molar-refractivity contribution is 7.71. The predicted molar refractivity (Wildman–Crippen MR) is 74.3 cm³/mol. The molecule has 0 spiro atoms. The maximum atomic E-state index is 5.56. The number of hydrogen-bond donors (Lipinski definition) is 1. The summed E-state index contributed by atoms with van der Waals surface area (Å²) in [6.45, 7) is 3.80. The molecule has 0 saturated carbocycles. The van der Waals surface area contributed by atoms with Gasteiger partial charge in [-0.2, -0.15) is 4.98 Å². The van der Waals surface area contributed by atoms with Gasteiger partial charge in [-0.3, -0.25) is 4.57 Å². The van der Waals surface area contributed by atoms with Crippen LogP contribution in [0, 0.1) is 11.7 Å². The number of nitrogens with one attached hydrogen (secondary N) is 1. The van der Waals surface area contributed by atoms with E-state index in [0.29, 0.717) is 27.7 Å². The van der Waals surface area contributed by atoms with E-state index in [0.717, 1.165) is 5.76 Å². The number of oxazole rings is 1. The smallest absolute Gasteiger partial charge is 0.242 e. The van der Waals surface area contributed by atoms with Crippen molar-refractivity contribution in [3.63, 3.8) is 0 Å². The van der Waals surface area contributed by atoms with Gasteiger partial charge in [-0.1, -0.05) is 0 Å². The van der Waals surface area contributed by atoms with Gasteiger partial charge in [-0.25, -0.2) is 9.97 Å². The van der Waals surface area contributed by atoms with Crippen LogP contribution in [-0.4, -0.2) is 31.6 Å². The van der Waals surface area contributed by atoms with Crippen LogP contribution in [0.1, 0.15) is 24.6 Å². The second-order valence-corrected chi connectivity index (χ2v) is 4.75. The van der Waals surface area contributed by atoms with E-state index in [2.05, 4.69) is 19.9 Å². The van der Waals surface area contributed by atoms with Crippen LogP contribution in [0.2, 0.25) is 0 Å². The molecule has 0 aliphatic rings. The third-order valence-electron chi connectivity index (χ3n) is 3.05. The summed E-state index contributed by atoms with van der Waals surface area (Å²) >= 11 is 5.36. The first-order valence-electron chi connectivity index (χ1n) is 6.03. The Morgan fingerprint density at radius 2 is 2.20 bits per heavy atom. The van der Waals surface area contributed by atoms with Crippen LogP contribution in [0.25, 0.3) is 11.2 Å². The van der Waals surface area contributed by atoms with E-state index in [1.165, 1.54) is 6.33 Å². The number of ether oxygens (including phenoxy) is 1. The van der Waals surface area contributed by atoms with Gasteiger partial charge in [0, 0.05) is 0 Å². The molecule has 0 radical (unpaired) electrons. The summed E-state index contributed by atoms with van der Waals surface area (Å²) in [7, 11) is 1.55. The van der Waals surface area contributed by atoms with E-state index in [1.54, 1.807) is 13.3 Å². The minimum absolute atomic E-state index is 0.176. The Bertz CT molecular complexity index is 819. The van der Waals surface area contributed by atoms with E-state index in [1.807, 2.05) is 18.4 Å². The van der Waals surface area contributed by atoms with Crippen molar-refractivity contribution in [3.8, 4) is 5.88 Å². The quantitative estimate of drug-likeness (QED) is 0.746. The monoisotopic (exact) mass is 291 g/mol. The molecule has 20 heavy (non-hydrogen) atoms. The SMILES string of the molecule is COc1ncnc2c1[nH]c(=S)n2C(C)c1ncc(C)o1. The number of aromatic nitrogens is 5. The van der Waals surface area contributed by atoms with Crippen molar-refractivity contribution in [2.75, 3.05) is 7.11 Å². The number of hydrogen-bond acceptors (Lipinski definition) is 6. The highest BCUT2D eigenvalue weighted by atomic mass is 32.1. The van der Waals surface area contributed by atoms with Crippen LogP contribution < -0.4 is 4.74 Å². The number of fused-ring (bicyclic) bond motifs is 1. The molecule has 1 atom stereocenters. The van der Waals surface area contributed by atoms with Crippen molar-refractivity contribution in [2.24, 2.45) is 0 Å². The molecule has 0 amide bonds. The number of aromatic amines is 1. The first kappa shape index (κ1) is 12.8. The van der Waals surface area contributed by atoms with Crippen molar-refractivity contribution in [1.29, 1.82) is 0 Å². The van der Waals surface area contributed by atoms with E-state index in [9.17, 15) is 0 Å². The van der Waals surface area contributed by atoms with Crippen LogP contribution in [0.5, 0.6) is 5.88 Å². The Morgan fingerprint density at radius 1 is 1.40 bits per heavy atom. The minimum Gasteiger partial charge on any atom is -0.479 e. The highest BCUT2D eigenvalue weighted by Crippen LogP contribution is 2.26. The van der Waals surface area contributed by atoms with Gasteiger partial charge in [0.05, 0.1) is 13.3 Å². The molecule has 0 bridgehead atoms. The normalized spacial score (nSPS) is 12.8. The molecule has 0 fully saturated rings. The Hall–Kier alpha value is -2.22. The summed E-state index contributed by atoms with van der Waals surface area (Å²) in [6.07, 6.45) is 3.12. The Labute approximate surface area is 119 Å². The molecular formula is C12H13N5O2S. The molecule has 0 aromatic carbocycles. The number of nitrogens with zero attached hydrogens (tertiary/aromatic N) is 4. The highest BCUT2D eigenvalue weighted by Gasteiger charge is 2.20. The molecule has 0 saturated heterocycles. The molecular weight excluding hydrogens is 278 g/mol. The fourth-order valence-electron chi connectivity index (χ4n) is 2.11. The van der Waals surface area contributed by atoms with Crippen LogP contribution in [0.3, 0.4) is 0 Å². The van der Waals surface area contributed by atoms with Crippen molar-refractivity contribution in [2.45, 2.75) is 19.9 Å². The van der Waals surface area contributed by atoms with E-state index >= 15 is 0 Å². The zero-order chi connectivity index (χ0) is 14.3. The lowest BCUT2D eigenvalue weighted by molar-refractivity contribution is 0.401. The van der Waals surface area contributed by atoms with Crippen LogP contribution in [-0.2, 0) is 0 Å². The molecule has 104 valence electrons. The van der Waals surface area contributed by atoms with Crippen molar-refractivity contribution in [1.82, 2.24) is 24.5 Å². The summed E-state index contributed by atoms with van der Waals surface area (Å²) in [4.78, 5) is 15.6. The Balaban J connectivity index is 2.21. The van der Waals surface area contributed by atoms with Gasteiger partial charge >= 0.3 is 0 Å². The van der Waals surface area contributed by atoms with Gasteiger partial charge in [-0.05, 0) is 26.1 Å². The van der Waals surface area contributed by atoms with Gasteiger partial charge < -0.3 is 14.1 Å². The molecule has 3 aromatic rings. The molecule has 3 aromatic heterocycles. The predicted octanol–water partition coefficient (Wildman–Crippen LogP) is 2.40. The lowest BCUT2D eigenvalue weighted by Crippen LogP contribution is -2.08. The van der Waals surface area contributed by atoms with Gasteiger partial charge in [0.1, 0.15) is 23.6 Å². The molecule has 0 aliphatic heterocycles. The van der Waals surface area contributed by atoms with Gasteiger partial charge in [0.15, 0.2) is 10.4 Å². The van der Waals surface area contributed by atoms with E-state index in [4.69, 9.17) is 21.4 Å². The average molecular weight is 291 g/mol. The number of imidazole rings is 1. The maximum Gasteiger partial charge on any atom is 0.242 e. The molecule has 3 rings (SSSR count). The first-order valence-corrected chi connectivity index (χ1v) is 6.44. The number of rotatable bonds is 3. The fourth-order valence-corrected chi connectivity index (χ4v) is 2.45. The largest absolute Gasteiger partial charge is 0.479 e. The standard InChI is InChI=1S/C12H13N5O2S/c1-6-4-13-10(19-6)7(2)17-9-8(16-12(17)20)11(18-3)15-5-14-9/h4-5,7H,1-3H3,(H,16,20). The molecule has 3 heterocycles. The van der Waals surface area contributed by atoms with Gasteiger partial charge in [0.25, 0.3) is 0 Å². The maximum absolute atomic E-state index is 5.56. The minimum atomic E-state index is -0.176. The van der Waals surface area contributed by atoms with Gasteiger partial charge in [-0.15, -0.1) is 0 Å². The zero-order valence-electron chi connectivity index (χ0n) is 11.2. The van der Waals surface area contributed by atoms with Gasteiger partial charge in [0.2, 0.25) is 11.8 Å². The first-order chi connectivity index (χ1) is 9.61. The third kappa shape index (κ3) is 1.88. The number of H-pyrrole nitrogens is 1. The molecule has 7 nitrogen and oxygen atoms in total. The number of methoxy groups -OCH3 is 1. The Morgan fingerprint density at radius 3 is 2.85 bits per heavy atom. The van der Waals surface area contributed by atoms with Crippen LogP contribution >= 0.6 is 12.2 Å². The average Bonchev–Trinajstić information content (AvgIpc) is 3.00. The summed E-state index contributed by atoms with van der Waals surface area (Å²) < 4.78 is 13.1. The molecule has 1 N–H and O–H groups in total.